The molecule has 5 atom stereocenters. The molecule has 3 aromatic rings. The molecule has 244 valence electrons. The van der Waals surface area contributed by atoms with Gasteiger partial charge in [0.15, 0.2) is 11.9 Å². The minimum absolute atomic E-state index is 0.0132. The summed E-state index contributed by atoms with van der Waals surface area (Å²) < 4.78 is 28.0. The molecule has 4 rings (SSSR count). The molecule has 46 heavy (non-hydrogen) atoms. The summed E-state index contributed by atoms with van der Waals surface area (Å²) in [6.07, 6.45) is -4.37. The van der Waals surface area contributed by atoms with E-state index >= 15 is 0 Å². The van der Waals surface area contributed by atoms with Crippen LogP contribution in [0.2, 0.25) is 0 Å². The highest BCUT2D eigenvalue weighted by atomic mass is 16.7. The lowest BCUT2D eigenvalue weighted by atomic mass is 9.82. The van der Waals surface area contributed by atoms with Gasteiger partial charge in [-0.25, -0.2) is 14.3 Å². The molecule has 1 aliphatic rings. The number of aliphatic hydroxyl groups is 1. The lowest BCUT2D eigenvalue weighted by Gasteiger charge is -2.29. The van der Waals surface area contributed by atoms with Gasteiger partial charge in [0.1, 0.15) is 36.7 Å². The van der Waals surface area contributed by atoms with Gasteiger partial charge in [-0.2, -0.15) is 10.4 Å². The first kappa shape index (κ1) is 33.8. The van der Waals surface area contributed by atoms with Gasteiger partial charge in [0.05, 0.1) is 18.0 Å². The zero-order valence-corrected chi connectivity index (χ0v) is 26.0. The van der Waals surface area contributed by atoms with Crippen molar-refractivity contribution in [1.82, 2.24) is 14.6 Å². The summed E-state index contributed by atoms with van der Waals surface area (Å²) in [7, 11) is 0. The highest BCUT2D eigenvalue weighted by Gasteiger charge is 2.60. The number of nitrogens with one attached hydrogen (secondary N) is 1. The molecule has 2 aromatic heterocycles. The van der Waals surface area contributed by atoms with Crippen molar-refractivity contribution in [1.29, 1.82) is 5.26 Å². The second kappa shape index (κ2) is 13.9. The number of anilines is 1. The molecule has 2 N–H and O–H groups in total. The van der Waals surface area contributed by atoms with Crippen LogP contribution in [-0.2, 0) is 50.1 Å². The Morgan fingerprint density at radius 1 is 1.13 bits per heavy atom. The number of carbonyl (C=O) groups excluding carboxylic acids is 4. The average Bonchev–Trinajstić information content (AvgIpc) is 3.55. The van der Waals surface area contributed by atoms with Crippen LogP contribution in [0.5, 0.6) is 0 Å². The van der Waals surface area contributed by atoms with Crippen molar-refractivity contribution < 1.29 is 48.0 Å². The van der Waals surface area contributed by atoms with E-state index in [2.05, 4.69) is 20.1 Å². The highest BCUT2D eigenvalue weighted by Crippen LogP contribution is 2.42. The quantitative estimate of drug-likeness (QED) is 0.187. The Labute approximate surface area is 264 Å². The van der Waals surface area contributed by atoms with Crippen molar-refractivity contribution in [3.05, 3.63) is 60.0 Å². The van der Waals surface area contributed by atoms with Crippen LogP contribution in [0.1, 0.15) is 45.9 Å². The van der Waals surface area contributed by atoms with E-state index in [1.54, 1.807) is 31.2 Å². The number of nitriles is 1. The second-order valence-corrected chi connectivity index (χ2v) is 11.7. The molecule has 3 heterocycles. The van der Waals surface area contributed by atoms with Gasteiger partial charge in [-0.1, -0.05) is 58.0 Å². The number of ether oxygens (including phenoxy) is 5. The normalized spacial score (nSPS) is 21.5. The summed E-state index contributed by atoms with van der Waals surface area (Å²) >= 11 is 0. The van der Waals surface area contributed by atoms with Crippen molar-refractivity contribution in [3.63, 3.8) is 0 Å². The maximum Gasteiger partial charge on any atom is 0.415 e. The molecule has 1 amide bonds. The van der Waals surface area contributed by atoms with E-state index in [0.29, 0.717) is 5.56 Å². The van der Waals surface area contributed by atoms with Crippen molar-refractivity contribution in [2.75, 3.05) is 18.7 Å². The molecular formula is C31H35N5O10. The van der Waals surface area contributed by atoms with Crippen molar-refractivity contribution >= 4 is 35.3 Å². The molecule has 0 aliphatic carbocycles. The zero-order valence-electron chi connectivity index (χ0n) is 26.0. The smallest absolute Gasteiger partial charge is 0.415 e. The third-order valence-corrected chi connectivity index (χ3v) is 7.61. The largest absolute Gasteiger partial charge is 0.463 e. The molecular weight excluding hydrogens is 602 g/mol. The lowest BCUT2D eigenvalue weighted by Crippen LogP contribution is -2.44. The van der Waals surface area contributed by atoms with E-state index in [1.165, 1.54) is 16.6 Å². The Morgan fingerprint density at radius 3 is 2.50 bits per heavy atom. The average molecular weight is 638 g/mol. The SMILES string of the molecule is CC(=O)OCOC(=O)Nc1ncnn2c([C@]3(C#N)O[C@H](COC(=O)Cc4ccccc4)[C@@H](OC(=O)[C@@H](C)C(C)(C)C)[C@H]3O)ccc12. The molecule has 0 bridgehead atoms. The van der Waals surface area contributed by atoms with Crippen LogP contribution in [0.4, 0.5) is 10.6 Å². The first-order valence-electron chi connectivity index (χ1n) is 14.3. The number of fused-ring (bicyclic) bond motifs is 1. The monoisotopic (exact) mass is 637 g/mol. The van der Waals surface area contributed by atoms with E-state index in [0.717, 1.165) is 13.3 Å². The fourth-order valence-electron chi connectivity index (χ4n) is 4.63. The Balaban J connectivity index is 1.63. The van der Waals surface area contributed by atoms with Gasteiger partial charge in [0.2, 0.25) is 12.4 Å². The maximum atomic E-state index is 13.2. The van der Waals surface area contributed by atoms with Crippen LogP contribution in [0.3, 0.4) is 0 Å². The van der Waals surface area contributed by atoms with Gasteiger partial charge in [0.25, 0.3) is 0 Å². The van der Waals surface area contributed by atoms with Crippen LogP contribution in [0, 0.1) is 22.7 Å². The predicted molar refractivity (Wildman–Crippen MR) is 157 cm³/mol. The number of nitrogens with zero attached hydrogens (tertiary/aromatic N) is 4. The molecule has 15 heteroatoms. The minimum atomic E-state index is -2.17. The van der Waals surface area contributed by atoms with Gasteiger partial charge in [-0.05, 0) is 23.1 Å². The fraction of sp³-hybridized carbons (Fsp3) is 0.452. The summed E-state index contributed by atoms with van der Waals surface area (Å²) in [5.74, 6) is -2.52. The van der Waals surface area contributed by atoms with Crippen molar-refractivity contribution in [3.8, 4) is 6.07 Å². The zero-order chi connectivity index (χ0) is 33.6. The number of hydrogen-bond donors (Lipinski definition) is 2. The Hall–Kier alpha value is -5.07. The number of esters is 3. The lowest BCUT2D eigenvalue weighted by molar-refractivity contribution is -0.166. The third kappa shape index (κ3) is 7.41. The van der Waals surface area contributed by atoms with Gasteiger partial charge < -0.3 is 28.8 Å². The topological polar surface area (TPSA) is 201 Å². The van der Waals surface area contributed by atoms with Crippen molar-refractivity contribution in [2.24, 2.45) is 11.3 Å². The first-order chi connectivity index (χ1) is 21.8. The van der Waals surface area contributed by atoms with E-state index in [1.807, 2.05) is 32.9 Å². The van der Waals surface area contributed by atoms with Crippen LogP contribution in [0.15, 0.2) is 48.8 Å². The summed E-state index contributed by atoms with van der Waals surface area (Å²) in [6.45, 7) is 7.33. The molecule has 0 unspecified atom stereocenters. The van der Waals surface area contributed by atoms with Crippen LogP contribution in [-0.4, -0.2) is 75.4 Å². The number of benzene rings is 1. The molecule has 0 saturated carbocycles. The van der Waals surface area contributed by atoms with E-state index in [-0.39, 0.29) is 23.4 Å². The summed E-state index contributed by atoms with van der Waals surface area (Å²) in [6, 6.07) is 13.8. The van der Waals surface area contributed by atoms with Gasteiger partial charge in [0, 0.05) is 6.92 Å². The number of rotatable bonds is 10. The summed E-state index contributed by atoms with van der Waals surface area (Å²) in [4.78, 5) is 53.1. The summed E-state index contributed by atoms with van der Waals surface area (Å²) in [5.41, 5.74) is -1.74. The molecule has 1 aliphatic heterocycles. The predicted octanol–water partition coefficient (Wildman–Crippen LogP) is 2.66. The first-order valence-corrected chi connectivity index (χ1v) is 14.3. The maximum absolute atomic E-state index is 13.2. The minimum Gasteiger partial charge on any atom is -0.463 e. The standard InChI is InChI=1S/C31H35N5O10/c1-18(30(3,4)5)28(40)45-25-22(14-42-24(38)13-20-9-7-6-8-10-20)46-31(15-32,26(25)39)23-12-11-21-27(33-16-34-36(21)23)35-29(41)44-17-43-19(2)37/h6-12,16,18,22,25-26,39H,13-14,17H2,1-5H3,(H,33,34,35,41)/t18-,22-,25-,26-,31+/m1/s1. The highest BCUT2D eigenvalue weighted by molar-refractivity contribution is 5.88. The van der Waals surface area contributed by atoms with Crippen LogP contribution >= 0.6 is 0 Å². The molecule has 0 radical (unpaired) electrons. The number of carbonyl (C=O) groups is 4. The van der Waals surface area contributed by atoms with Crippen LogP contribution < -0.4 is 5.32 Å². The van der Waals surface area contributed by atoms with E-state index < -0.39 is 72.6 Å². The van der Waals surface area contributed by atoms with E-state index in [9.17, 15) is 29.5 Å². The van der Waals surface area contributed by atoms with Crippen molar-refractivity contribution in [2.45, 2.75) is 65.0 Å². The number of aromatic nitrogens is 3. The Bertz CT molecular complexity index is 1630. The summed E-state index contributed by atoms with van der Waals surface area (Å²) in [5, 5.41) is 28.7. The molecule has 1 saturated heterocycles. The molecule has 1 aromatic carbocycles. The third-order valence-electron chi connectivity index (χ3n) is 7.61. The molecule has 0 spiro atoms. The Kier molecular flexibility index (Phi) is 10.2. The molecule has 1 fully saturated rings. The second-order valence-electron chi connectivity index (χ2n) is 11.7. The molecule has 15 nitrogen and oxygen atoms in total. The number of amides is 1. The van der Waals surface area contributed by atoms with Gasteiger partial charge >= 0.3 is 24.0 Å². The van der Waals surface area contributed by atoms with Gasteiger partial charge in [-0.15, -0.1) is 0 Å². The number of aliphatic hydroxyl groups excluding tert-OH is 1. The van der Waals surface area contributed by atoms with Gasteiger partial charge in [-0.3, -0.25) is 19.7 Å². The fourth-order valence-corrected chi connectivity index (χ4v) is 4.63. The Morgan fingerprint density at radius 2 is 1.85 bits per heavy atom. The van der Waals surface area contributed by atoms with Crippen LogP contribution in [0.25, 0.3) is 5.52 Å². The van der Waals surface area contributed by atoms with E-state index in [4.69, 9.17) is 18.9 Å². The number of hydrogen-bond acceptors (Lipinski definition) is 13.